The summed E-state index contributed by atoms with van der Waals surface area (Å²) >= 11 is 0. The Hall–Kier alpha value is -2.12. The Morgan fingerprint density at radius 3 is 2.42 bits per heavy atom. The Bertz CT molecular complexity index is 600. The van der Waals surface area contributed by atoms with Crippen LogP contribution in [-0.2, 0) is 5.60 Å². The molecule has 1 atom stereocenters. The first kappa shape index (κ1) is 13.3. The van der Waals surface area contributed by atoms with Gasteiger partial charge >= 0.3 is 0 Å². The number of benzene rings is 1. The van der Waals surface area contributed by atoms with Crippen LogP contribution < -0.4 is 0 Å². The first-order chi connectivity index (χ1) is 8.91. The molecule has 0 fully saturated rings. The molecule has 1 aromatic heterocycles. The predicted molar refractivity (Wildman–Crippen MR) is 73.2 cm³/mol. The van der Waals surface area contributed by atoms with E-state index in [1.807, 2.05) is 30.5 Å². The Kier molecular flexibility index (Phi) is 3.41. The molecule has 0 aliphatic carbocycles. The lowest BCUT2D eigenvalue weighted by atomic mass is 9.96. The molecule has 0 aliphatic rings. The maximum atomic E-state index is 9.91. The first-order valence-corrected chi connectivity index (χ1v) is 6.19. The summed E-state index contributed by atoms with van der Waals surface area (Å²) in [4.78, 5) is 0. The van der Waals surface area contributed by atoms with Gasteiger partial charge < -0.3 is 5.11 Å². The molecule has 1 heterocycles. The fourth-order valence-corrected chi connectivity index (χ4v) is 1.83. The minimum Gasteiger partial charge on any atom is -0.386 e. The van der Waals surface area contributed by atoms with E-state index in [2.05, 4.69) is 11.2 Å². The smallest absolute Gasteiger partial charge is 0.135 e. The number of hydrogen-bond donors (Lipinski definition) is 1. The minimum atomic E-state index is -0.835. The van der Waals surface area contributed by atoms with Crippen LogP contribution in [0.15, 0.2) is 36.7 Å². The van der Waals surface area contributed by atoms with E-state index in [9.17, 15) is 5.11 Å². The van der Waals surface area contributed by atoms with Gasteiger partial charge in [0.15, 0.2) is 0 Å². The Morgan fingerprint density at radius 2 is 1.89 bits per heavy atom. The molecular formula is C15H17N3O. The third kappa shape index (κ3) is 2.83. The molecule has 0 saturated heterocycles. The SMILES string of the molecule is CC(C#N)n1cc(-c2ccc(C(C)(C)O)cc2)cn1. The van der Waals surface area contributed by atoms with Crippen molar-refractivity contribution in [1.29, 1.82) is 5.26 Å². The second-order valence-electron chi connectivity index (χ2n) is 5.15. The zero-order valence-corrected chi connectivity index (χ0v) is 11.3. The zero-order valence-electron chi connectivity index (χ0n) is 11.3. The second-order valence-corrected chi connectivity index (χ2v) is 5.15. The average Bonchev–Trinajstić information content (AvgIpc) is 2.86. The fourth-order valence-electron chi connectivity index (χ4n) is 1.83. The summed E-state index contributed by atoms with van der Waals surface area (Å²) in [5, 5.41) is 22.9. The first-order valence-electron chi connectivity index (χ1n) is 6.19. The molecule has 0 bridgehead atoms. The van der Waals surface area contributed by atoms with Crippen molar-refractivity contribution in [2.75, 3.05) is 0 Å². The molecule has 1 aromatic carbocycles. The summed E-state index contributed by atoms with van der Waals surface area (Å²) in [7, 11) is 0. The highest BCUT2D eigenvalue weighted by molar-refractivity contribution is 5.62. The van der Waals surface area contributed by atoms with Crippen molar-refractivity contribution in [3.8, 4) is 17.2 Å². The van der Waals surface area contributed by atoms with Gasteiger partial charge in [0.1, 0.15) is 6.04 Å². The Labute approximate surface area is 112 Å². The fraction of sp³-hybridized carbons (Fsp3) is 0.333. The lowest BCUT2D eigenvalue weighted by Gasteiger charge is -2.17. The molecule has 2 aromatic rings. The summed E-state index contributed by atoms with van der Waals surface area (Å²) in [5.74, 6) is 0. The second kappa shape index (κ2) is 4.87. The van der Waals surface area contributed by atoms with Crippen LogP contribution in [0.5, 0.6) is 0 Å². The normalized spacial score (nSPS) is 13.0. The van der Waals surface area contributed by atoms with E-state index >= 15 is 0 Å². The molecular weight excluding hydrogens is 238 g/mol. The van der Waals surface area contributed by atoms with E-state index in [1.165, 1.54) is 0 Å². The number of rotatable bonds is 3. The van der Waals surface area contributed by atoms with Crippen molar-refractivity contribution < 1.29 is 5.11 Å². The van der Waals surface area contributed by atoms with Gasteiger partial charge in [-0.2, -0.15) is 10.4 Å². The molecule has 0 radical (unpaired) electrons. The number of aromatic nitrogens is 2. The van der Waals surface area contributed by atoms with Crippen LogP contribution in [-0.4, -0.2) is 14.9 Å². The van der Waals surface area contributed by atoms with Gasteiger partial charge in [-0.3, -0.25) is 4.68 Å². The van der Waals surface area contributed by atoms with Crippen LogP contribution in [0.4, 0.5) is 0 Å². The molecule has 4 heteroatoms. The minimum absolute atomic E-state index is 0.274. The van der Waals surface area contributed by atoms with Gasteiger partial charge in [-0.1, -0.05) is 24.3 Å². The third-order valence-electron chi connectivity index (χ3n) is 3.11. The highest BCUT2D eigenvalue weighted by Crippen LogP contribution is 2.24. The van der Waals surface area contributed by atoms with Gasteiger partial charge in [0.2, 0.25) is 0 Å². The Balaban J connectivity index is 2.28. The average molecular weight is 255 g/mol. The topological polar surface area (TPSA) is 61.8 Å². The molecule has 0 amide bonds. The maximum Gasteiger partial charge on any atom is 0.135 e. The number of nitrogens with zero attached hydrogens (tertiary/aromatic N) is 3. The lowest BCUT2D eigenvalue weighted by Crippen LogP contribution is -2.14. The van der Waals surface area contributed by atoms with Crippen molar-refractivity contribution in [1.82, 2.24) is 9.78 Å². The van der Waals surface area contributed by atoms with E-state index < -0.39 is 5.60 Å². The van der Waals surface area contributed by atoms with E-state index in [0.29, 0.717) is 0 Å². The van der Waals surface area contributed by atoms with Crippen LogP contribution in [0.2, 0.25) is 0 Å². The quantitative estimate of drug-likeness (QED) is 0.917. The highest BCUT2D eigenvalue weighted by Gasteiger charge is 2.15. The van der Waals surface area contributed by atoms with Gasteiger partial charge in [0.25, 0.3) is 0 Å². The van der Waals surface area contributed by atoms with E-state index in [-0.39, 0.29) is 6.04 Å². The van der Waals surface area contributed by atoms with Crippen molar-refractivity contribution in [2.24, 2.45) is 0 Å². The van der Waals surface area contributed by atoms with Crippen molar-refractivity contribution >= 4 is 0 Å². The molecule has 4 nitrogen and oxygen atoms in total. The zero-order chi connectivity index (χ0) is 14.0. The molecule has 0 aliphatic heterocycles. The summed E-state index contributed by atoms with van der Waals surface area (Å²) < 4.78 is 1.64. The van der Waals surface area contributed by atoms with E-state index in [1.54, 1.807) is 31.6 Å². The molecule has 0 saturated carbocycles. The summed E-state index contributed by atoms with van der Waals surface area (Å²) in [6.07, 6.45) is 3.60. The number of hydrogen-bond acceptors (Lipinski definition) is 3. The third-order valence-corrected chi connectivity index (χ3v) is 3.11. The molecule has 1 unspecified atom stereocenters. The van der Waals surface area contributed by atoms with E-state index in [0.717, 1.165) is 16.7 Å². The van der Waals surface area contributed by atoms with Gasteiger partial charge in [-0.15, -0.1) is 0 Å². The molecule has 19 heavy (non-hydrogen) atoms. The van der Waals surface area contributed by atoms with Gasteiger partial charge in [-0.25, -0.2) is 0 Å². The van der Waals surface area contributed by atoms with Crippen LogP contribution in [0.1, 0.15) is 32.4 Å². The van der Waals surface area contributed by atoms with Gasteiger partial charge in [0, 0.05) is 11.8 Å². The molecule has 0 spiro atoms. The predicted octanol–water partition coefficient (Wildman–Crippen LogP) is 2.86. The largest absolute Gasteiger partial charge is 0.386 e. The van der Waals surface area contributed by atoms with Crippen molar-refractivity contribution in [3.05, 3.63) is 42.2 Å². The summed E-state index contributed by atoms with van der Waals surface area (Å²) in [6.45, 7) is 5.32. The monoisotopic (exact) mass is 255 g/mol. The summed E-state index contributed by atoms with van der Waals surface area (Å²) in [5.41, 5.74) is 2.01. The maximum absolute atomic E-state index is 9.91. The van der Waals surface area contributed by atoms with E-state index in [4.69, 9.17) is 5.26 Å². The van der Waals surface area contributed by atoms with Crippen molar-refractivity contribution in [3.63, 3.8) is 0 Å². The Morgan fingerprint density at radius 1 is 1.26 bits per heavy atom. The van der Waals surface area contributed by atoms with Crippen LogP contribution in [0.3, 0.4) is 0 Å². The lowest BCUT2D eigenvalue weighted by molar-refractivity contribution is 0.0786. The van der Waals surface area contributed by atoms with Gasteiger partial charge in [0.05, 0.1) is 17.9 Å². The van der Waals surface area contributed by atoms with Crippen LogP contribution in [0, 0.1) is 11.3 Å². The summed E-state index contributed by atoms with van der Waals surface area (Å²) in [6, 6.07) is 9.58. The highest BCUT2D eigenvalue weighted by atomic mass is 16.3. The molecule has 2 rings (SSSR count). The van der Waals surface area contributed by atoms with Crippen LogP contribution in [0.25, 0.3) is 11.1 Å². The molecule has 1 N–H and O–H groups in total. The number of aliphatic hydroxyl groups is 1. The molecule has 98 valence electrons. The van der Waals surface area contributed by atoms with Crippen LogP contribution >= 0.6 is 0 Å². The number of nitriles is 1. The standard InChI is InChI=1S/C15H17N3O/c1-11(8-16)18-10-13(9-17-18)12-4-6-14(7-5-12)15(2,3)19/h4-7,9-11,19H,1-3H3. The van der Waals surface area contributed by atoms with Crippen molar-refractivity contribution in [2.45, 2.75) is 32.4 Å². The van der Waals surface area contributed by atoms with Gasteiger partial charge in [-0.05, 0) is 31.9 Å².